The summed E-state index contributed by atoms with van der Waals surface area (Å²) in [6.45, 7) is 11.5. The van der Waals surface area contributed by atoms with Crippen LogP contribution >= 0.6 is 0 Å². The van der Waals surface area contributed by atoms with Crippen molar-refractivity contribution in [1.82, 2.24) is 4.98 Å². The summed E-state index contributed by atoms with van der Waals surface area (Å²) in [5.74, 6) is 0. The van der Waals surface area contributed by atoms with Gasteiger partial charge in [0.15, 0.2) is 5.69 Å². The Kier molecular flexibility index (Phi) is 4.74. The first kappa shape index (κ1) is 17.7. The number of aryl methyl sites for hydroxylation is 2. The van der Waals surface area contributed by atoms with E-state index in [0.717, 1.165) is 27.9 Å². The quantitative estimate of drug-likeness (QED) is 0.352. The summed E-state index contributed by atoms with van der Waals surface area (Å²) in [7, 11) is 0. The number of hydrogen-bond donors (Lipinski definition) is 0. The number of benzene rings is 3. The smallest absolute Gasteiger partial charge is 0.187 e. The molecule has 0 atom stereocenters. The molecule has 0 fully saturated rings. The van der Waals surface area contributed by atoms with E-state index < -0.39 is 0 Å². The first-order chi connectivity index (χ1) is 13.7. The van der Waals surface area contributed by atoms with E-state index in [4.69, 9.17) is 11.6 Å². The van der Waals surface area contributed by atoms with Gasteiger partial charge in [0, 0.05) is 17.3 Å². The summed E-state index contributed by atoms with van der Waals surface area (Å²) in [6, 6.07) is 26.7. The summed E-state index contributed by atoms with van der Waals surface area (Å²) in [6.07, 6.45) is 1.91. The molecule has 0 bridgehead atoms. The fraction of sp³-hybridized carbons (Fsp3) is 0.0769. The molecule has 28 heavy (non-hydrogen) atoms. The van der Waals surface area contributed by atoms with Gasteiger partial charge in [-0.25, -0.2) is 4.85 Å². The second-order valence-electron chi connectivity index (χ2n) is 6.94. The van der Waals surface area contributed by atoms with Crippen LogP contribution in [0.15, 0.2) is 85.1 Å². The minimum atomic E-state index is 0.645. The third kappa shape index (κ3) is 3.43. The van der Waals surface area contributed by atoms with Gasteiger partial charge in [-0.3, -0.25) is 4.98 Å². The van der Waals surface area contributed by atoms with E-state index in [1.54, 1.807) is 0 Å². The van der Waals surface area contributed by atoms with Crippen molar-refractivity contribution in [1.29, 1.82) is 0 Å². The van der Waals surface area contributed by atoms with E-state index in [0.29, 0.717) is 5.69 Å². The van der Waals surface area contributed by atoms with Crippen LogP contribution in [0.5, 0.6) is 0 Å². The van der Waals surface area contributed by atoms with Gasteiger partial charge in [-0.15, -0.1) is 0 Å². The molecule has 0 saturated heterocycles. The van der Waals surface area contributed by atoms with Gasteiger partial charge in [0.2, 0.25) is 0 Å². The lowest BCUT2D eigenvalue weighted by atomic mass is 9.95. The van der Waals surface area contributed by atoms with Crippen molar-refractivity contribution in [3.8, 4) is 33.5 Å². The summed E-state index contributed by atoms with van der Waals surface area (Å²) in [4.78, 5) is 8.26. The van der Waals surface area contributed by atoms with Gasteiger partial charge >= 0.3 is 0 Å². The highest BCUT2D eigenvalue weighted by molar-refractivity contribution is 5.76. The zero-order valence-electron chi connectivity index (χ0n) is 16.0. The van der Waals surface area contributed by atoms with Gasteiger partial charge in [0.1, 0.15) is 0 Å². The van der Waals surface area contributed by atoms with Crippen LogP contribution in [0.1, 0.15) is 11.1 Å². The molecule has 2 nitrogen and oxygen atoms in total. The Morgan fingerprint density at radius 1 is 0.679 bits per heavy atom. The number of nitrogens with zero attached hydrogens (tertiary/aromatic N) is 2. The van der Waals surface area contributed by atoms with Gasteiger partial charge in [-0.2, -0.15) is 0 Å². The fourth-order valence-corrected chi connectivity index (χ4v) is 3.47. The van der Waals surface area contributed by atoms with Crippen LogP contribution in [0.3, 0.4) is 0 Å². The lowest BCUT2D eigenvalue weighted by Gasteiger charge is -2.12. The Bertz CT molecular complexity index is 1180. The second-order valence-corrected chi connectivity index (χ2v) is 6.94. The molecule has 4 rings (SSSR count). The molecule has 0 amide bonds. The standard InChI is InChI=1S/C26H20N2/c1-18-12-13-22(16-24(18)20-8-5-4-6-9-20)26-14-19(2)25(17-28-26)21-10-7-11-23(15-21)27-3/h4-17H,1-2H3. The molecule has 2 heteroatoms. The average molecular weight is 360 g/mol. The molecule has 0 saturated carbocycles. The predicted molar refractivity (Wildman–Crippen MR) is 116 cm³/mol. The van der Waals surface area contributed by atoms with Crippen molar-refractivity contribution in [2.75, 3.05) is 0 Å². The Morgan fingerprint density at radius 2 is 1.46 bits per heavy atom. The molecular formula is C26H20N2. The van der Waals surface area contributed by atoms with Crippen LogP contribution < -0.4 is 0 Å². The van der Waals surface area contributed by atoms with Crippen LogP contribution in [0.25, 0.3) is 38.4 Å². The summed E-state index contributed by atoms with van der Waals surface area (Å²) < 4.78 is 0. The topological polar surface area (TPSA) is 17.2 Å². The lowest BCUT2D eigenvalue weighted by Crippen LogP contribution is -1.91. The number of pyridine rings is 1. The van der Waals surface area contributed by atoms with Gasteiger partial charge < -0.3 is 0 Å². The van der Waals surface area contributed by atoms with Gasteiger partial charge in [0.25, 0.3) is 0 Å². The first-order valence-electron chi connectivity index (χ1n) is 9.27. The molecule has 4 aromatic rings. The zero-order valence-corrected chi connectivity index (χ0v) is 16.0. The maximum Gasteiger partial charge on any atom is 0.187 e. The SMILES string of the molecule is [C-]#[N+]c1cccc(-c2cnc(-c3ccc(C)c(-c4ccccc4)c3)cc2C)c1. The number of hydrogen-bond acceptors (Lipinski definition) is 1. The highest BCUT2D eigenvalue weighted by Gasteiger charge is 2.09. The Hall–Kier alpha value is -3.70. The lowest BCUT2D eigenvalue weighted by molar-refractivity contribution is 1.28. The van der Waals surface area contributed by atoms with Crippen LogP contribution in [-0.4, -0.2) is 4.98 Å². The molecule has 0 spiro atoms. The summed E-state index contributed by atoms with van der Waals surface area (Å²) in [5, 5.41) is 0. The van der Waals surface area contributed by atoms with Crippen molar-refractivity contribution in [2.45, 2.75) is 13.8 Å². The third-order valence-electron chi connectivity index (χ3n) is 5.02. The normalized spacial score (nSPS) is 10.5. The summed E-state index contributed by atoms with van der Waals surface area (Å²) >= 11 is 0. The maximum absolute atomic E-state index is 7.22. The predicted octanol–water partition coefficient (Wildman–Crippen LogP) is 7.25. The largest absolute Gasteiger partial charge is 0.256 e. The molecule has 1 heterocycles. The maximum atomic E-state index is 7.22. The molecule has 0 aliphatic carbocycles. The van der Waals surface area contributed by atoms with Crippen molar-refractivity contribution >= 4 is 5.69 Å². The van der Waals surface area contributed by atoms with Gasteiger partial charge in [0.05, 0.1) is 12.3 Å². The number of rotatable bonds is 3. The molecule has 0 unspecified atom stereocenters. The Labute approximate surface area is 166 Å². The van der Waals surface area contributed by atoms with E-state index >= 15 is 0 Å². The molecular weight excluding hydrogens is 340 g/mol. The Morgan fingerprint density at radius 3 is 2.21 bits per heavy atom. The second kappa shape index (κ2) is 7.50. The molecule has 0 N–H and O–H groups in total. The van der Waals surface area contributed by atoms with Crippen LogP contribution in [0.2, 0.25) is 0 Å². The van der Waals surface area contributed by atoms with Crippen molar-refractivity contribution in [3.63, 3.8) is 0 Å². The van der Waals surface area contributed by atoms with Crippen LogP contribution in [0.4, 0.5) is 5.69 Å². The molecule has 1 aromatic heterocycles. The highest BCUT2D eigenvalue weighted by Crippen LogP contribution is 2.31. The van der Waals surface area contributed by atoms with E-state index in [1.165, 1.54) is 16.7 Å². The third-order valence-corrected chi connectivity index (χ3v) is 5.02. The first-order valence-corrected chi connectivity index (χ1v) is 9.27. The molecule has 0 radical (unpaired) electrons. The molecule has 134 valence electrons. The minimum Gasteiger partial charge on any atom is -0.256 e. The monoisotopic (exact) mass is 360 g/mol. The van der Waals surface area contributed by atoms with E-state index in [9.17, 15) is 0 Å². The van der Waals surface area contributed by atoms with Crippen LogP contribution in [-0.2, 0) is 0 Å². The van der Waals surface area contributed by atoms with Crippen molar-refractivity contribution in [3.05, 3.63) is 108 Å². The number of aromatic nitrogens is 1. The van der Waals surface area contributed by atoms with E-state index in [1.807, 2.05) is 36.5 Å². The van der Waals surface area contributed by atoms with E-state index in [-0.39, 0.29) is 0 Å². The fourth-order valence-electron chi connectivity index (χ4n) is 3.47. The van der Waals surface area contributed by atoms with Crippen LogP contribution in [0, 0.1) is 20.4 Å². The summed E-state index contributed by atoms with van der Waals surface area (Å²) in [5.41, 5.74) is 9.63. The molecule has 0 aliphatic rings. The van der Waals surface area contributed by atoms with E-state index in [2.05, 4.69) is 67.2 Å². The average Bonchev–Trinajstić information content (AvgIpc) is 2.74. The highest BCUT2D eigenvalue weighted by atomic mass is 14.7. The van der Waals surface area contributed by atoms with Crippen molar-refractivity contribution < 1.29 is 0 Å². The minimum absolute atomic E-state index is 0.645. The van der Waals surface area contributed by atoms with Gasteiger partial charge in [-0.05, 0) is 59.9 Å². The zero-order chi connectivity index (χ0) is 19.5. The Balaban J connectivity index is 1.75. The molecule has 3 aromatic carbocycles. The van der Waals surface area contributed by atoms with Gasteiger partial charge in [-0.1, -0.05) is 60.7 Å². The van der Waals surface area contributed by atoms with Crippen molar-refractivity contribution in [2.24, 2.45) is 0 Å². The molecule has 0 aliphatic heterocycles.